The van der Waals surface area contributed by atoms with E-state index in [2.05, 4.69) is 10.2 Å². The zero-order valence-corrected chi connectivity index (χ0v) is 9.81. The first-order chi connectivity index (χ1) is 7.84. The number of nitrogens with zero attached hydrogens (tertiary/aromatic N) is 3. The highest BCUT2D eigenvalue weighted by Gasteiger charge is 2.36. The fourth-order valence-electron chi connectivity index (χ4n) is 1.16. The van der Waals surface area contributed by atoms with Gasteiger partial charge >= 0.3 is 6.18 Å². The molecule has 0 fully saturated rings. The van der Waals surface area contributed by atoms with Crippen molar-refractivity contribution in [3.05, 3.63) is 5.01 Å². The standard InChI is InChI=1S/C8H11F3N4OS/c1-2-3-15(4-5(12)16)7-14-13-6(17-7)8(9,10)11/h2-4H2,1H3,(H2,12,16). The van der Waals surface area contributed by atoms with E-state index in [0.717, 1.165) is 0 Å². The van der Waals surface area contributed by atoms with Crippen LogP contribution in [0.1, 0.15) is 18.4 Å². The molecule has 0 unspecified atom stereocenters. The lowest BCUT2D eigenvalue weighted by atomic mass is 10.4. The second-order valence-corrected chi connectivity index (χ2v) is 4.23. The number of nitrogens with two attached hydrogens (primary N) is 1. The molecule has 1 heterocycles. The fourth-order valence-corrected chi connectivity index (χ4v) is 1.90. The lowest BCUT2D eigenvalue weighted by molar-refractivity contribution is -0.138. The average Bonchev–Trinajstić information content (AvgIpc) is 2.64. The summed E-state index contributed by atoms with van der Waals surface area (Å²) in [5.41, 5.74) is 5.01. The number of hydrogen-bond acceptors (Lipinski definition) is 5. The van der Waals surface area contributed by atoms with Crippen LogP contribution in [0.3, 0.4) is 0 Å². The van der Waals surface area contributed by atoms with Crippen molar-refractivity contribution in [2.45, 2.75) is 19.5 Å². The third kappa shape index (κ3) is 3.84. The normalized spacial score (nSPS) is 11.5. The molecule has 1 amide bonds. The van der Waals surface area contributed by atoms with Crippen molar-refractivity contribution < 1.29 is 18.0 Å². The quantitative estimate of drug-likeness (QED) is 0.872. The van der Waals surface area contributed by atoms with Gasteiger partial charge in [0, 0.05) is 6.54 Å². The van der Waals surface area contributed by atoms with Gasteiger partial charge in [-0.1, -0.05) is 18.3 Å². The van der Waals surface area contributed by atoms with Crippen LogP contribution in [0.15, 0.2) is 0 Å². The number of halogens is 3. The second-order valence-electron chi connectivity index (χ2n) is 3.28. The molecule has 1 aromatic rings. The largest absolute Gasteiger partial charge is 0.445 e. The summed E-state index contributed by atoms with van der Waals surface area (Å²) in [6.45, 7) is 2.06. The second kappa shape index (κ2) is 5.30. The molecule has 0 aliphatic heterocycles. The van der Waals surface area contributed by atoms with Crippen molar-refractivity contribution in [1.29, 1.82) is 0 Å². The fraction of sp³-hybridized carbons (Fsp3) is 0.625. The van der Waals surface area contributed by atoms with E-state index < -0.39 is 17.1 Å². The van der Waals surface area contributed by atoms with E-state index in [0.29, 0.717) is 24.3 Å². The predicted molar refractivity (Wildman–Crippen MR) is 56.6 cm³/mol. The summed E-state index contributed by atoms with van der Waals surface area (Å²) in [5, 5.41) is 5.49. The number of amides is 1. The SMILES string of the molecule is CCCN(CC(N)=O)c1nnc(C(F)(F)F)s1. The summed E-state index contributed by atoms with van der Waals surface area (Å²) in [7, 11) is 0. The number of hydrogen-bond donors (Lipinski definition) is 1. The summed E-state index contributed by atoms with van der Waals surface area (Å²) in [6, 6.07) is 0. The van der Waals surface area contributed by atoms with E-state index >= 15 is 0 Å². The summed E-state index contributed by atoms with van der Waals surface area (Å²) in [6.07, 6.45) is -3.85. The lowest BCUT2D eigenvalue weighted by Crippen LogP contribution is -2.34. The van der Waals surface area contributed by atoms with Crippen molar-refractivity contribution in [2.24, 2.45) is 5.73 Å². The molecule has 0 aliphatic carbocycles. The third-order valence-corrected chi connectivity index (χ3v) is 2.80. The van der Waals surface area contributed by atoms with Gasteiger partial charge in [-0.3, -0.25) is 4.79 Å². The molecule has 1 aromatic heterocycles. The van der Waals surface area contributed by atoms with Crippen molar-refractivity contribution in [3.63, 3.8) is 0 Å². The third-order valence-electron chi connectivity index (χ3n) is 1.77. The maximum atomic E-state index is 12.3. The Morgan fingerprint density at radius 3 is 2.53 bits per heavy atom. The molecule has 96 valence electrons. The van der Waals surface area contributed by atoms with E-state index in [1.165, 1.54) is 4.90 Å². The van der Waals surface area contributed by atoms with Crippen LogP contribution in [0.2, 0.25) is 0 Å². The number of carbonyl (C=O) groups excluding carboxylic acids is 1. The first kappa shape index (κ1) is 13.7. The Morgan fingerprint density at radius 1 is 1.47 bits per heavy atom. The van der Waals surface area contributed by atoms with Gasteiger partial charge in [-0.25, -0.2) is 0 Å². The van der Waals surface area contributed by atoms with Crippen LogP contribution in [0.25, 0.3) is 0 Å². The molecule has 0 saturated carbocycles. The number of primary amides is 1. The molecule has 5 nitrogen and oxygen atoms in total. The maximum absolute atomic E-state index is 12.3. The van der Waals surface area contributed by atoms with Gasteiger partial charge in [0.15, 0.2) is 0 Å². The van der Waals surface area contributed by atoms with Crippen molar-refractivity contribution in [1.82, 2.24) is 10.2 Å². The Hall–Kier alpha value is -1.38. The van der Waals surface area contributed by atoms with Crippen LogP contribution in [-0.4, -0.2) is 29.2 Å². The lowest BCUT2D eigenvalue weighted by Gasteiger charge is -2.18. The Labute approximate surface area is 99.4 Å². The van der Waals surface area contributed by atoms with E-state index in [1.54, 1.807) is 0 Å². The minimum absolute atomic E-state index is 0.0537. The number of alkyl halides is 3. The molecular formula is C8H11F3N4OS. The van der Waals surface area contributed by atoms with Crippen molar-refractivity contribution in [3.8, 4) is 0 Å². The molecular weight excluding hydrogens is 257 g/mol. The summed E-state index contributed by atoms with van der Waals surface area (Å²) in [5.74, 6) is -0.623. The molecule has 0 aliphatic rings. The van der Waals surface area contributed by atoms with Crippen LogP contribution in [-0.2, 0) is 11.0 Å². The Bertz CT molecular complexity index is 392. The average molecular weight is 268 g/mol. The summed E-state index contributed by atoms with van der Waals surface area (Å²) < 4.78 is 36.9. The van der Waals surface area contributed by atoms with Crippen LogP contribution < -0.4 is 10.6 Å². The Morgan fingerprint density at radius 2 is 2.12 bits per heavy atom. The van der Waals surface area contributed by atoms with Gasteiger partial charge in [0.05, 0.1) is 6.54 Å². The molecule has 0 aromatic carbocycles. The molecule has 0 saturated heterocycles. The predicted octanol–water partition coefficient (Wildman–Crippen LogP) is 1.26. The zero-order chi connectivity index (χ0) is 13.1. The highest BCUT2D eigenvalue weighted by atomic mass is 32.1. The zero-order valence-electron chi connectivity index (χ0n) is 8.99. The highest BCUT2D eigenvalue weighted by Crippen LogP contribution is 2.34. The van der Waals surface area contributed by atoms with E-state index in [4.69, 9.17) is 5.73 Å². The molecule has 0 spiro atoms. The van der Waals surface area contributed by atoms with Gasteiger partial charge in [-0.2, -0.15) is 13.2 Å². The van der Waals surface area contributed by atoms with E-state index in [9.17, 15) is 18.0 Å². The van der Waals surface area contributed by atoms with Crippen LogP contribution in [0, 0.1) is 0 Å². The minimum Gasteiger partial charge on any atom is -0.368 e. The van der Waals surface area contributed by atoms with Gasteiger partial charge in [0.1, 0.15) is 0 Å². The molecule has 2 N–H and O–H groups in total. The first-order valence-corrected chi connectivity index (χ1v) is 5.60. The number of carbonyl (C=O) groups is 1. The Kier molecular flexibility index (Phi) is 4.27. The number of aromatic nitrogens is 2. The number of anilines is 1. The van der Waals surface area contributed by atoms with Crippen LogP contribution >= 0.6 is 11.3 Å². The molecule has 0 atom stereocenters. The van der Waals surface area contributed by atoms with Gasteiger partial charge in [0.2, 0.25) is 16.0 Å². The maximum Gasteiger partial charge on any atom is 0.445 e. The monoisotopic (exact) mass is 268 g/mol. The first-order valence-electron chi connectivity index (χ1n) is 4.78. The molecule has 0 bridgehead atoms. The van der Waals surface area contributed by atoms with Gasteiger partial charge in [0.25, 0.3) is 0 Å². The molecule has 1 rings (SSSR count). The number of rotatable bonds is 5. The highest BCUT2D eigenvalue weighted by molar-refractivity contribution is 7.15. The smallest absolute Gasteiger partial charge is 0.368 e. The topological polar surface area (TPSA) is 72.1 Å². The molecule has 9 heteroatoms. The van der Waals surface area contributed by atoms with Crippen molar-refractivity contribution in [2.75, 3.05) is 18.0 Å². The van der Waals surface area contributed by atoms with Crippen molar-refractivity contribution >= 4 is 22.4 Å². The van der Waals surface area contributed by atoms with Gasteiger partial charge in [-0.05, 0) is 6.42 Å². The van der Waals surface area contributed by atoms with Gasteiger partial charge < -0.3 is 10.6 Å². The summed E-state index contributed by atoms with van der Waals surface area (Å²) >= 11 is 0.401. The van der Waals surface area contributed by atoms with Gasteiger partial charge in [-0.15, -0.1) is 10.2 Å². The Balaban J connectivity index is 2.87. The molecule has 0 radical (unpaired) electrons. The van der Waals surface area contributed by atoms with E-state index in [1.807, 2.05) is 6.92 Å². The minimum atomic E-state index is -4.51. The summed E-state index contributed by atoms with van der Waals surface area (Å²) in [4.78, 5) is 12.2. The van der Waals surface area contributed by atoms with E-state index in [-0.39, 0.29) is 11.7 Å². The molecule has 17 heavy (non-hydrogen) atoms. The van der Waals surface area contributed by atoms with Crippen LogP contribution in [0.5, 0.6) is 0 Å². The van der Waals surface area contributed by atoms with Crippen LogP contribution in [0.4, 0.5) is 18.3 Å².